The third-order valence-electron chi connectivity index (χ3n) is 6.88. The molecule has 0 aromatic heterocycles. The standard InChI is InChI=1S/C32H60N2O11/c1-3-24-42-29(37)12-18-33(16-6-4-8-22-35)19-13-30(38)43-25-10-11-26-44-31(39)14-20-34(17-7-5-9-23-36)21-15-32(40)45-28-27-41-2/h35-36H,3-28H2,1-2H3. The zero-order valence-corrected chi connectivity index (χ0v) is 27.8. The van der Waals surface area contributed by atoms with Crippen molar-refractivity contribution in [1.29, 1.82) is 0 Å². The fraction of sp³-hybridized carbons (Fsp3) is 0.875. The molecule has 0 amide bonds. The highest BCUT2D eigenvalue weighted by molar-refractivity contribution is 5.71. The van der Waals surface area contributed by atoms with Crippen molar-refractivity contribution in [3.05, 3.63) is 0 Å². The molecular formula is C32H60N2O11. The Morgan fingerprint density at radius 1 is 0.467 bits per heavy atom. The van der Waals surface area contributed by atoms with Gasteiger partial charge >= 0.3 is 23.9 Å². The number of hydrogen-bond acceptors (Lipinski definition) is 13. The third-order valence-corrected chi connectivity index (χ3v) is 6.88. The molecule has 0 saturated carbocycles. The number of unbranched alkanes of at least 4 members (excludes halogenated alkanes) is 5. The minimum absolute atomic E-state index is 0.140. The Bertz CT molecular complexity index is 755. The molecule has 0 atom stereocenters. The second-order valence-electron chi connectivity index (χ2n) is 10.8. The Morgan fingerprint density at radius 3 is 1.20 bits per heavy atom. The number of rotatable bonds is 32. The molecule has 13 nitrogen and oxygen atoms in total. The first-order valence-corrected chi connectivity index (χ1v) is 16.6. The van der Waals surface area contributed by atoms with Gasteiger partial charge in [-0.2, -0.15) is 0 Å². The molecular weight excluding hydrogens is 588 g/mol. The molecule has 0 spiro atoms. The summed E-state index contributed by atoms with van der Waals surface area (Å²) in [7, 11) is 1.54. The number of methoxy groups -OCH3 is 1. The Hall–Kier alpha value is -2.32. The molecule has 0 rings (SSSR count). The number of aliphatic hydroxyl groups is 2. The number of aliphatic hydroxyl groups excluding tert-OH is 2. The summed E-state index contributed by atoms with van der Waals surface area (Å²) < 4.78 is 25.8. The van der Waals surface area contributed by atoms with Gasteiger partial charge in [-0.1, -0.05) is 6.92 Å². The van der Waals surface area contributed by atoms with Crippen LogP contribution in [-0.2, 0) is 42.9 Å². The first-order chi connectivity index (χ1) is 21.9. The van der Waals surface area contributed by atoms with E-state index in [1.807, 2.05) is 11.8 Å². The maximum atomic E-state index is 12.3. The summed E-state index contributed by atoms with van der Waals surface area (Å²) in [5, 5.41) is 18.0. The van der Waals surface area contributed by atoms with Crippen LogP contribution in [0.2, 0.25) is 0 Å². The summed E-state index contributed by atoms with van der Waals surface area (Å²) in [6.07, 6.45) is 7.67. The van der Waals surface area contributed by atoms with Gasteiger partial charge in [0.15, 0.2) is 0 Å². The van der Waals surface area contributed by atoms with Crippen LogP contribution in [0.1, 0.15) is 90.4 Å². The van der Waals surface area contributed by atoms with Crippen molar-refractivity contribution in [3.8, 4) is 0 Å². The van der Waals surface area contributed by atoms with Crippen molar-refractivity contribution in [2.24, 2.45) is 0 Å². The van der Waals surface area contributed by atoms with Crippen LogP contribution >= 0.6 is 0 Å². The van der Waals surface area contributed by atoms with Gasteiger partial charge < -0.3 is 43.7 Å². The van der Waals surface area contributed by atoms with Crippen LogP contribution in [-0.4, -0.2) is 137 Å². The fourth-order valence-electron chi connectivity index (χ4n) is 4.24. The minimum atomic E-state index is -0.326. The van der Waals surface area contributed by atoms with Crippen molar-refractivity contribution >= 4 is 23.9 Å². The summed E-state index contributed by atoms with van der Waals surface area (Å²) in [5.41, 5.74) is 0. The topological polar surface area (TPSA) is 161 Å². The fourth-order valence-corrected chi connectivity index (χ4v) is 4.24. The van der Waals surface area contributed by atoms with Crippen LogP contribution in [0, 0.1) is 0 Å². The molecule has 0 radical (unpaired) electrons. The first kappa shape index (κ1) is 42.7. The lowest BCUT2D eigenvalue weighted by Gasteiger charge is -2.21. The summed E-state index contributed by atoms with van der Waals surface area (Å²) in [6, 6.07) is 0. The number of carbonyl (C=O) groups excluding carboxylic acids is 4. The maximum Gasteiger partial charge on any atom is 0.307 e. The SMILES string of the molecule is CCCOC(=O)CCN(CCCCCO)CCC(=O)OCCCCOC(=O)CCN(CCCCCO)CCC(=O)OCCOC. The normalized spacial score (nSPS) is 11.2. The quantitative estimate of drug-likeness (QED) is 0.0622. The van der Waals surface area contributed by atoms with Gasteiger partial charge in [-0.25, -0.2) is 0 Å². The highest BCUT2D eigenvalue weighted by atomic mass is 16.6. The van der Waals surface area contributed by atoms with E-state index in [0.29, 0.717) is 65.2 Å². The first-order valence-electron chi connectivity index (χ1n) is 16.6. The van der Waals surface area contributed by atoms with E-state index in [1.165, 1.54) is 7.11 Å². The van der Waals surface area contributed by atoms with Crippen LogP contribution in [0.5, 0.6) is 0 Å². The van der Waals surface area contributed by atoms with Crippen molar-refractivity contribution in [1.82, 2.24) is 9.80 Å². The third kappa shape index (κ3) is 28.9. The van der Waals surface area contributed by atoms with E-state index in [2.05, 4.69) is 4.90 Å². The summed E-state index contributed by atoms with van der Waals surface area (Å²) in [5.74, 6) is -1.20. The lowest BCUT2D eigenvalue weighted by atomic mass is 10.2. The van der Waals surface area contributed by atoms with E-state index in [1.54, 1.807) is 0 Å². The molecule has 0 aliphatic carbocycles. The van der Waals surface area contributed by atoms with Crippen molar-refractivity contribution < 1.29 is 53.1 Å². The highest BCUT2D eigenvalue weighted by Crippen LogP contribution is 2.05. The molecule has 0 fully saturated rings. The van der Waals surface area contributed by atoms with Crippen LogP contribution in [0.25, 0.3) is 0 Å². The van der Waals surface area contributed by atoms with Crippen molar-refractivity contribution in [2.45, 2.75) is 90.4 Å². The number of carbonyl (C=O) groups is 4. The van der Waals surface area contributed by atoms with Gasteiger partial charge in [-0.3, -0.25) is 19.2 Å². The molecule has 0 aromatic rings. The number of ether oxygens (including phenoxy) is 5. The molecule has 13 heteroatoms. The molecule has 0 saturated heterocycles. The van der Waals surface area contributed by atoms with E-state index in [9.17, 15) is 19.2 Å². The highest BCUT2D eigenvalue weighted by Gasteiger charge is 2.14. The smallest absolute Gasteiger partial charge is 0.307 e. The summed E-state index contributed by atoms with van der Waals surface area (Å²) in [4.78, 5) is 52.4. The molecule has 0 aromatic carbocycles. The van der Waals surface area contributed by atoms with Crippen LogP contribution in [0.4, 0.5) is 0 Å². The van der Waals surface area contributed by atoms with Gasteiger partial charge in [0.2, 0.25) is 0 Å². The van der Waals surface area contributed by atoms with E-state index in [-0.39, 0.29) is 82.6 Å². The average Bonchev–Trinajstić information content (AvgIpc) is 3.03. The van der Waals surface area contributed by atoms with Gasteiger partial charge in [-0.05, 0) is 70.9 Å². The van der Waals surface area contributed by atoms with Gasteiger partial charge in [0, 0.05) is 46.5 Å². The average molecular weight is 649 g/mol. The lowest BCUT2D eigenvalue weighted by molar-refractivity contribution is -0.147. The van der Waals surface area contributed by atoms with Gasteiger partial charge in [0.25, 0.3) is 0 Å². The molecule has 0 heterocycles. The van der Waals surface area contributed by atoms with Crippen LogP contribution in [0.15, 0.2) is 0 Å². The molecule has 2 N–H and O–H groups in total. The van der Waals surface area contributed by atoms with Crippen molar-refractivity contribution in [2.75, 3.05) is 92.6 Å². The molecule has 0 aliphatic rings. The van der Waals surface area contributed by atoms with Crippen molar-refractivity contribution in [3.63, 3.8) is 0 Å². The summed E-state index contributed by atoms with van der Waals surface area (Å²) in [6.45, 7) is 6.99. The molecule has 0 aliphatic heterocycles. The van der Waals surface area contributed by atoms with Crippen LogP contribution < -0.4 is 0 Å². The second-order valence-corrected chi connectivity index (χ2v) is 10.8. The second kappa shape index (κ2) is 31.7. The number of nitrogens with zero attached hydrogens (tertiary/aromatic N) is 2. The molecule has 45 heavy (non-hydrogen) atoms. The van der Waals surface area contributed by atoms with E-state index >= 15 is 0 Å². The van der Waals surface area contributed by atoms with Gasteiger partial charge in [0.1, 0.15) is 6.61 Å². The zero-order valence-electron chi connectivity index (χ0n) is 27.8. The summed E-state index contributed by atoms with van der Waals surface area (Å²) >= 11 is 0. The lowest BCUT2D eigenvalue weighted by Crippen LogP contribution is -2.31. The Kier molecular flexibility index (Phi) is 30.0. The molecule has 0 bridgehead atoms. The minimum Gasteiger partial charge on any atom is -0.466 e. The van der Waals surface area contributed by atoms with Gasteiger partial charge in [-0.15, -0.1) is 0 Å². The maximum absolute atomic E-state index is 12.3. The molecule has 0 unspecified atom stereocenters. The Morgan fingerprint density at radius 2 is 0.844 bits per heavy atom. The zero-order chi connectivity index (χ0) is 33.4. The van der Waals surface area contributed by atoms with E-state index in [4.69, 9.17) is 33.9 Å². The molecule has 264 valence electrons. The number of hydrogen-bond donors (Lipinski definition) is 2. The largest absolute Gasteiger partial charge is 0.466 e. The van der Waals surface area contributed by atoms with Crippen LogP contribution in [0.3, 0.4) is 0 Å². The Balaban J connectivity index is 4.26. The van der Waals surface area contributed by atoms with Gasteiger partial charge in [0.05, 0.1) is 52.1 Å². The predicted molar refractivity (Wildman–Crippen MR) is 168 cm³/mol. The monoisotopic (exact) mass is 648 g/mol. The van der Waals surface area contributed by atoms with E-state index in [0.717, 1.165) is 45.1 Å². The number of esters is 4. The Labute approximate surface area is 269 Å². The predicted octanol–water partition coefficient (Wildman–Crippen LogP) is 2.49. The van der Waals surface area contributed by atoms with E-state index < -0.39 is 0 Å².